The summed E-state index contributed by atoms with van der Waals surface area (Å²) in [7, 11) is 0. The number of carbonyl (C=O) groups excluding carboxylic acids is 2. The lowest BCUT2D eigenvalue weighted by Crippen LogP contribution is -2.66. The quantitative estimate of drug-likeness (QED) is 0.445. The van der Waals surface area contributed by atoms with E-state index < -0.39 is 36.6 Å². The van der Waals surface area contributed by atoms with Gasteiger partial charge in [0.2, 0.25) is 5.91 Å². The fraction of sp³-hybridized carbons (Fsp3) is 0.273. The molecule has 0 radical (unpaired) electrons. The molecule has 0 spiro atoms. The van der Waals surface area contributed by atoms with Gasteiger partial charge < -0.3 is 9.64 Å². The largest absolute Gasteiger partial charge is 0.573 e. The second-order valence-electron chi connectivity index (χ2n) is 7.15. The van der Waals surface area contributed by atoms with Gasteiger partial charge in [-0.3, -0.25) is 14.6 Å². The molecule has 0 aliphatic carbocycles. The molecule has 1 saturated heterocycles. The van der Waals surface area contributed by atoms with E-state index in [9.17, 15) is 31.5 Å². The molecule has 1 aliphatic heterocycles. The predicted octanol–water partition coefficient (Wildman–Crippen LogP) is 4.48. The number of Topliss-reactive ketones (excluding diaryl/α,β-unsaturated/α-hetero) is 1. The molecule has 0 bridgehead atoms. The number of pyridine rings is 1. The van der Waals surface area contributed by atoms with Crippen LogP contribution in [0.25, 0.3) is 12.2 Å². The van der Waals surface area contributed by atoms with Crippen LogP contribution in [0.4, 0.5) is 22.0 Å². The zero-order valence-electron chi connectivity index (χ0n) is 16.9. The number of amides is 1. The van der Waals surface area contributed by atoms with E-state index in [0.29, 0.717) is 11.1 Å². The van der Waals surface area contributed by atoms with Gasteiger partial charge in [0.15, 0.2) is 11.8 Å². The van der Waals surface area contributed by atoms with Crippen LogP contribution in [-0.4, -0.2) is 46.4 Å². The lowest BCUT2D eigenvalue weighted by Gasteiger charge is -2.43. The maximum Gasteiger partial charge on any atom is 0.573 e. The highest BCUT2D eigenvalue weighted by atomic mass is 19.4. The van der Waals surface area contributed by atoms with E-state index in [2.05, 4.69) is 9.72 Å². The third kappa shape index (κ3) is 5.91. The van der Waals surface area contributed by atoms with Gasteiger partial charge in [0.1, 0.15) is 5.75 Å². The number of nitriles is 1. The van der Waals surface area contributed by atoms with E-state index in [0.717, 1.165) is 17.0 Å². The zero-order valence-corrected chi connectivity index (χ0v) is 16.9. The Balaban J connectivity index is 1.63. The second-order valence-corrected chi connectivity index (χ2v) is 7.15. The van der Waals surface area contributed by atoms with Crippen molar-refractivity contribution in [3.63, 3.8) is 0 Å². The average molecular weight is 465 g/mol. The van der Waals surface area contributed by atoms with Crippen LogP contribution >= 0.6 is 0 Å². The van der Waals surface area contributed by atoms with Crippen molar-refractivity contribution in [2.24, 2.45) is 0 Å². The Morgan fingerprint density at radius 2 is 1.88 bits per heavy atom. The van der Waals surface area contributed by atoms with Crippen LogP contribution in [0.3, 0.4) is 0 Å². The molecule has 11 heteroatoms. The summed E-state index contributed by atoms with van der Waals surface area (Å²) in [6.45, 7) is -0.853. The number of hydrogen-bond donors (Lipinski definition) is 0. The molecule has 0 saturated carbocycles. The van der Waals surface area contributed by atoms with Crippen LogP contribution in [0.15, 0.2) is 42.7 Å². The van der Waals surface area contributed by atoms with Gasteiger partial charge in [-0.2, -0.15) is 5.26 Å². The molecule has 1 aliphatic rings. The van der Waals surface area contributed by atoms with E-state index in [1.54, 1.807) is 6.08 Å². The van der Waals surface area contributed by atoms with Gasteiger partial charge in [0.05, 0.1) is 12.6 Å². The predicted molar refractivity (Wildman–Crippen MR) is 106 cm³/mol. The number of alkyl halides is 5. The number of benzene rings is 1. The third-order valence-corrected chi connectivity index (χ3v) is 4.82. The van der Waals surface area contributed by atoms with Gasteiger partial charge in [0, 0.05) is 36.4 Å². The fourth-order valence-corrected chi connectivity index (χ4v) is 3.18. The molecule has 0 unspecified atom stereocenters. The van der Waals surface area contributed by atoms with Crippen LogP contribution in [0.5, 0.6) is 5.75 Å². The SMILES string of the molecule is N#C[C@H]1N(C(=O)CCC(=O)c2ccncc2/C=C/c2ccc(OC(F)(F)F)cc2)CC1(F)F. The minimum Gasteiger partial charge on any atom is -0.406 e. The fourth-order valence-electron chi connectivity index (χ4n) is 3.18. The van der Waals surface area contributed by atoms with Crippen molar-refractivity contribution in [1.82, 2.24) is 9.88 Å². The Hall–Kier alpha value is -3.81. The highest BCUT2D eigenvalue weighted by Crippen LogP contribution is 2.35. The first kappa shape index (κ1) is 23.8. The van der Waals surface area contributed by atoms with Crippen LogP contribution in [0.2, 0.25) is 0 Å². The number of ether oxygens (including phenoxy) is 1. The highest BCUT2D eigenvalue weighted by Gasteiger charge is 2.57. The molecule has 33 heavy (non-hydrogen) atoms. The van der Waals surface area contributed by atoms with Gasteiger partial charge in [0.25, 0.3) is 5.92 Å². The molecule has 1 amide bonds. The summed E-state index contributed by atoms with van der Waals surface area (Å²) < 4.78 is 67.1. The number of rotatable bonds is 7. The second kappa shape index (κ2) is 9.36. The minimum absolute atomic E-state index is 0.233. The normalized spacial score (nSPS) is 17.3. The molecule has 2 aromatic rings. The molecule has 1 aromatic carbocycles. The standard InChI is InChI=1S/C22H16F5N3O3/c23-21(24)13-30(19(21)11-28)20(32)8-7-18(31)17-9-10-29-12-15(17)4-1-14-2-5-16(6-3-14)33-22(25,26)27/h1-6,9-10,12,19H,7-8,13H2/b4-1+/t19-/m1/s1. The first-order chi connectivity index (χ1) is 15.5. The summed E-state index contributed by atoms with van der Waals surface area (Å²) in [5, 5.41) is 8.79. The molecular weight excluding hydrogens is 449 g/mol. The lowest BCUT2D eigenvalue weighted by atomic mass is 9.97. The van der Waals surface area contributed by atoms with Crippen molar-refractivity contribution in [1.29, 1.82) is 5.26 Å². The van der Waals surface area contributed by atoms with E-state index >= 15 is 0 Å². The first-order valence-electron chi connectivity index (χ1n) is 9.58. The number of nitrogens with zero attached hydrogens (tertiary/aromatic N) is 3. The first-order valence-corrected chi connectivity index (χ1v) is 9.58. The Morgan fingerprint density at radius 1 is 1.18 bits per heavy atom. The number of hydrogen-bond acceptors (Lipinski definition) is 5. The van der Waals surface area contributed by atoms with Crippen molar-refractivity contribution < 1.29 is 36.3 Å². The van der Waals surface area contributed by atoms with Crippen molar-refractivity contribution >= 4 is 23.8 Å². The van der Waals surface area contributed by atoms with E-state index in [-0.39, 0.29) is 24.2 Å². The van der Waals surface area contributed by atoms with Crippen molar-refractivity contribution in [3.8, 4) is 11.8 Å². The number of likely N-dealkylation sites (tertiary alicyclic amines) is 1. The van der Waals surface area contributed by atoms with Crippen molar-refractivity contribution in [2.75, 3.05) is 6.54 Å². The summed E-state index contributed by atoms with van der Waals surface area (Å²) >= 11 is 0. The van der Waals surface area contributed by atoms with Gasteiger partial charge in [-0.05, 0) is 23.8 Å². The summed E-state index contributed by atoms with van der Waals surface area (Å²) in [5.41, 5.74) is 1.16. The summed E-state index contributed by atoms with van der Waals surface area (Å²) in [6, 6.07) is 6.06. The molecule has 2 heterocycles. The van der Waals surface area contributed by atoms with E-state index in [4.69, 9.17) is 5.26 Å². The topological polar surface area (TPSA) is 83.3 Å². The number of carbonyl (C=O) groups is 2. The van der Waals surface area contributed by atoms with E-state index in [1.165, 1.54) is 42.7 Å². The number of aromatic nitrogens is 1. The Bertz CT molecular complexity index is 1110. The Kier molecular flexibility index (Phi) is 6.76. The molecule has 172 valence electrons. The van der Waals surface area contributed by atoms with Gasteiger partial charge in [-0.1, -0.05) is 24.3 Å². The van der Waals surface area contributed by atoms with Crippen molar-refractivity contribution in [3.05, 3.63) is 59.4 Å². The van der Waals surface area contributed by atoms with Gasteiger partial charge in [-0.15, -0.1) is 13.2 Å². The molecular formula is C22H16F5N3O3. The summed E-state index contributed by atoms with van der Waals surface area (Å²) in [4.78, 5) is 29.4. The average Bonchev–Trinajstić information content (AvgIpc) is 2.74. The van der Waals surface area contributed by atoms with Gasteiger partial charge >= 0.3 is 6.36 Å². The highest BCUT2D eigenvalue weighted by molar-refractivity contribution is 6.01. The molecule has 0 N–H and O–H groups in total. The zero-order chi connectivity index (χ0) is 24.2. The maximum atomic E-state index is 13.3. The third-order valence-electron chi connectivity index (χ3n) is 4.82. The van der Waals surface area contributed by atoms with Crippen LogP contribution in [0.1, 0.15) is 34.3 Å². The van der Waals surface area contributed by atoms with Gasteiger partial charge in [-0.25, -0.2) is 8.78 Å². The van der Waals surface area contributed by atoms with Crippen LogP contribution in [0, 0.1) is 11.3 Å². The Morgan fingerprint density at radius 3 is 2.48 bits per heavy atom. The van der Waals surface area contributed by atoms with Crippen LogP contribution < -0.4 is 4.74 Å². The minimum atomic E-state index is -4.80. The molecule has 1 atom stereocenters. The number of ketones is 1. The summed E-state index contributed by atoms with van der Waals surface area (Å²) in [5.74, 6) is -4.78. The molecule has 1 fully saturated rings. The maximum absolute atomic E-state index is 13.3. The lowest BCUT2D eigenvalue weighted by molar-refractivity contribution is -0.274. The van der Waals surface area contributed by atoms with Crippen LogP contribution in [-0.2, 0) is 4.79 Å². The molecule has 6 nitrogen and oxygen atoms in total. The molecule has 3 rings (SSSR count). The Labute approximate surface area is 184 Å². The smallest absolute Gasteiger partial charge is 0.406 e. The van der Waals surface area contributed by atoms with E-state index in [1.807, 2.05) is 0 Å². The monoisotopic (exact) mass is 465 g/mol. The summed E-state index contributed by atoms with van der Waals surface area (Å²) in [6.07, 6.45) is 0.466. The molecule has 1 aromatic heterocycles. The van der Waals surface area contributed by atoms with Crippen molar-refractivity contribution in [2.45, 2.75) is 31.2 Å². The number of halogens is 5.